The molecule has 98 valence electrons. The van der Waals surface area contributed by atoms with Crippen LogP contribution in [0.25, 0.3) is 0 Å². The first-order valence-electron chi connectivity index (χ1n) is 6.25. The fraction of sp³-hybridized carbons (Fsp3) is 0.500. The molecule has 0 atom stereocenters. The Balaban J connectivity index is 1.98. The molecule has 0 spiro atoms. The molecule has 1 aromatic rings. The molecule has 0 bridgehead atoms. The summed E-state index contributed by atoms with van der Waals surface area (Å²) < 4.78 is 0. The second-order valence-corrected chi connectivity index (χ2v) is 5.67. The fourth-order valence-electron chi connectivity index (χ4n) is 2.15. The molecule has 18 heavy (non-hydrogen) atoms. The predicted octanol–water partition coefficient (Wildman–Crippen LogP) is 2.18. The highest BCUT2D eigenvalue weighted by atomic mass is 32.1. The maximum absolute atomic E-state index is 12.1. The van der Waals surface area contributed by atoms with Gasteiger partial charge < -0.3 is 10.4 Å². The first kappa shape index (κ1) is 13.4. The van der Waals surface area contributed by atoms with Crippen molar-refractivity contribution in [3.63, 3.8) is 0 Å². The number of thiol groups is 1. The highest BCUT2D eigenvalue weighted by molar-refractivity contribution is 7.80. The zero-order valence-electron chi connectivity index (χ0n) is 10.6. The summed E-state index contributed by atoms with van der Waals surface area (Å²) in [7, 11) is 0. The van der Waals surface area contributed by atoms with Gasteiger partial charge in [0.05, 0.1) is 0 Å². The summed E-state index contributed by atoms with van der Waals surface area (Å²) in [6, 6.07) is 5.57. The summed E-state index contributed by atoms with van der Waals surface area (Å²) in [4.78, 5) is 12.9. The van der Waals surface area contributed by atoms with Gasteiger partial charge in [-0.05, 0) is 49.3 Å². The van der Waals surface area contributed by atoms with Crippen molar-refractivity contribution in [2.45, 2.75) is 31.1 Å². The molecule has 0 aromatic heterocycles. The van der Waals surface area contributed by atoms with E-state index in [0.717, 1.165) is 29.7 Å². The number of benzene rings is 1. The third kappa shape index (κ3) is 3.06. The van der Waals surface area contributed by atoms with E-state index >= 15 is 0 Å². The molecule has 2 rings (SSSR count). The number of aliphatic hydroxyl groups excluding tert-OH is 1. The Kier molecular flexibility index (Phi) is 3.97. The Morgan fingerprint density at radius 1 is 1.50 bits per heavy atom. The highest BCUT2D eigenvalue weighted by Crippen LogP contribution is 2.47. The van der Waals surface area contributed by atoms with Crippen LogP contribution in [-0.4, -0.2) is 24.2 Å². The summed E-state index contributed by atoms with van der Waals surface area (Å²) in [5.74, 6) is -0.0485. The Morgan fingerprint density at radius 3 is 2.83 bits per heavy atom. The van der Waals surface area contributed by atoms with E-state index in [4.69, 9.17) is 5.11 Å². The number of nitrogens with one attached hydrogen (secondary N) is 1. The van der Waals surface area contributed by atoms with E-state index in [-0.39, 0.29) is 17.9 Å². The largest absolute Gasteiger partial charge is 0.396 e. The van der Waals surface area contributed by atoms with Crippen molar-refractivity contribution in [1.29, 1.82) is 0 Å². The molecule has 2 N–H and O–H groups in total. The first-order chi connectivity index (χ1) is 8.56. The zero-order valence-corrected chi connectivity index (χ0v) is 11.5. The van der Waals surface area contributed by atoms with E-state index in [9.17, 15) is 4.79 Å². The molecule has 0 radical (unpaired) electrons. The van der Waals surface area contributed by atoms with Gasteiger partial charge in [-0.25, -0.2) is 0 Å². The van der Waals surface area contributed by atoms with Gasteiger partial charge in [0.2, 0.25) is 0 Å². The minimum absolute atomic E-state index is 0.0485. The highest BCUT2D eigenvalue weighted by Gasteiger charge is 2.41. The molecule has 0 unspecified atom stereocenters. The van der Waals surface area contributed by atoms with Crippen LogP contribution in [0.5, 0.6) is 0 Å². The van der Waals surface area contributed by atoms with Crippen LogP contribution in [0.2, 0.25) is 0 Å². The third-order valence-electron chi connectivity index (χ3n) is 3.69. The molecule has 4 heteroatoms. The average Bonchev–Trinajstić information content (AvgIpc) is 3.10. The summed E-state index contributed by atoms with van der Waals surface area (Å²) in [5.41, 5.74) is 1.79. The molecule has 0 aliphatic heterocycles. The molecule has 1 fully saturated rings. The SMILES string of the molecule is Cc1ccc(S)cc1C(=O)NCC1(CCO)CC1. The zero-order chi connectivity index (χ0) is 13.2. The van der Waals surface area contributed by atoms with Crippen molar-refractivity contribution in [2.75, 3.05) is 13.2 Å². The minimum atomic E-state index is -0.0485. The lowest BCUT2D eigenvalue weighted by Crippen LogP contribution is -2.31. The van der Waals surface area contributed by atoms with Crippen LogP contribution in [0, 0.1) is 12.3 Å². The number of carbonyl (C=O) groups is 1. The molecule has 1 aromatic carbocycles. The maximum atomic E-state index is 12.1. The molecule has 3 nitrogen and oxygen atoms in total. The van der Waals surface area contributed by atoms with Gasteiger partial charge in [0.1, 0.15) is 0 Å². The molecular weight excluding hydrogens is 246 g/mol. The lowest BCUT2D eigenvalue weighted by molar-refractivity contribution is 0.0940. The summed E-state index contributed by atoms with van der Waals surface area (Å²) in [6.07, 6.45) is 2.97. The molecule has 0 heterocycles. The van der Waals surface area contributed by atoms with Crippen LogP contribution in [0.4, 0.5) is 0 Å². The van der Waals surface area contributed by atoms with Crippen LogP contribution in [-0.2, 0) is 0 Å². The number of carbonyl (C=O) groups excluding carboxylic acids is 1. The quantitative estimate of drug-likeness (QED) is 0.715. The normalized spacial score (nSPS) is 16.4. The lowest BCUT2D eigenvalue weighted by atomic mass is 10.0. The fourth-order valence-corrected chi connectivity index (χ4v) is 2.35. The topological polar surface area (TPSA) is 49.3 Å². The van der Waals surface area contributed by atoms with Crippen molar-refractivity contribution in [3.05, 3.63) is 29.3 Å². The molecule has 1 aliphatic carbocycles. The summed E-state index contributed by atoms with van der Waals surface area (Å²) >= 11 is 4.25. The van der Waals surface area contributed by atoms with Crippen LogP contribution in [0.15, 0.2) is 23.1 Å². The Hall–Kier alpha value is -1.00. The van der Waals surface area contributed by atoms with Gasteiger partial charge in [0.25, 0.3) is 5.91 Å². The first-order valence-corrected chi connectivity index (χ1v) is 6.70. The van der Waals surface area contributed by atoms with E-state index in [0.29, 0.717) is 12.1 Å². The minimum Gasteiger partial charge on any atom is -0.396 e. The monoisotopic (exact) mass is 265 g/mol. The number of amides is 1. The maximum Gasteiger partial charge on any atom is 0.251 e. The molecule has 1 saturated carbocycles. The number of aliphatic hydroxyl groups is 1. The Bertz CT molecular complexity index is 455. The van der Waals surface area contributed by atoms with Crippen LogP contribution < -0.4 is 5.32 Å². The van der Waals surface area contributed by atoms with E-state index in [1.165, 1.54) is 0 Å². The van der Waals surface area contributed by atoms with Gasteiger partial charge in [0.15, 0.2) is 0 Å². The molecule has 1 amide bonds. The molecule has 1 aliphatic rings. The van der Waals surface area contributed by atoms with Gasteiger partial charge >= 0.3 is 0 Å². The van der Waals surface area contributed by atoms with Crippen molar-refractivity contribution >= 4 is 18.5 Å². The summed E-state index contributed by atoms with van der Waals surface area (Å²) in [6.45, 7) is 2.77. The van der Waals surface area contributed by atoms with Gasteiger partial charge in [-0.1, -0.05) is 6.07 Å². The number of aryl methyl sites for hydroxylation is 1. The third-order valence-corrected chi connectivity index (χ3v) is 3.97. The smallest absolute Gasteiger partial charge is 0.251 e. The van der Waals surface area contributed by atoms with Gasteiger partial charge in [-0.3, -0.25) is 4.79 Å². The van der Waals surface area contributed by atoms with Crippen LogP contribution in [0.1, 0.15) is 35.2 Å². The second-order valence-electron chi connectivity index (χ2n) is 5.16. The van der Waals surface area contributed by atoms with E-state index in [1.807, 2.05) is 19.1 Å². The number of hydrogen-bond acceptors (Lipinski definition) is 3. The standard InChI is InChI=1S/C14H19NO2S/c1-10-2-3-11(18)8-12(10)13(17)15-9-14(4-5-14)6-7-16/h2-3,8,16,18H,4-7,9H2,1H3,(H,15,17). The van der Waals surface area contributed by atoms with E-state index < -0.39 is 0 Å². The van der Waals surface area contributed by atoms with E-state index in [1.54, 1.807) is 6.07 Å². The van der Waals surface area contributed by atoms with Crippen LogP contribution >= 0.6 is 12.6 Å². The van der Waals surface area contributed by atoms with Gasteiger partial charge in [-0.2, -0.15) is 0 Å². The Morgan fingerprint density at radius 2 is 2.22 bits per heavy atom. The van der Waals surface area contributed by atoms with Crippen molar-refractivity contribution in [1.82, 2.24) is 5.32 Å². The predicted molar refractivity (Wildman–Crippen MR) is 74.1 cm³/mol. The Labute approximate surface area is 113 Å². The van der Waals surface area contributed by atoms with Gasteiger partial charge in [-0.15, -0.1) is 12.6 Å². The van der Waals surface area contributed by atoms with Crippen molar-refractivity contribution < 1.29 is 9.90 Å². The van der Waals surface area contributed by atoms with Crippen molar-refractivity contribution in [2.24, 2.45) is 5.41 Å². The van der Waals surface area contributed by atoms with Gasteiger partial charge in [0, 0.05) is 23.6 Å². The molecule has 0 saturated heterocycles. The summed E-state index contributed by atoms with van der Waals surface area (Å²) in [5, 5.41) is 12.0. The van der Waals surface area contributed by atoms with E-state index in [2.05, 4.69) is 17.9 Å². The number of hydrogen-bond donors (Lipinski definition) is 3. The number of rotatable bonds is 5. The van der Waals surface area contributed by atoms with Crippen molar-refractivity contribution in [3.8, 4) is 0 Å². The second kappa shape index (κ2) is 5.33. The molecular formula is C14H19NO2S. The lowest BCUT2D eigenvalue weighted by Gasteiger charge is -2.15. The average molecular weight is 265 g/mol. The van der Waals surface area contributed by atoms with Crippen LogP contribution in [0.3, 0.4) is 0 Å².